The van der Waals surface area contributed by atoms with Gasteiger partial charge >= 0.3 is 0 Å². The average molecular weight is 491 g/mol. The number of carbonyl (C=O) groups is 1. The van der Waals surface area contributed by atoms with Gasteiger partial charge in [-0.2, -0.15) is 0 Å². The van der Waals surface area contributed by atoms with Crippen LogP contribution in [0.15, 0.2) is 71.6 Å². The predicted molar refractivity (Wildman–Crippen MR) is 131 cm³/mol. The second-order valence-electron chi connectivity index (χ2n) is 7.69. The number of amides is 1. The van der Waals surface area contributed by atoms with E-state index in [4.69, 9.17) is 23.2 Å². The van der Waals surface area contributed by atoms with E-state index in [2.05, 4.69) is 5.32 Å². The van der Waals surface area contributed by atoms with Gasteiger partial charge in [0.15, 0.2) is 0 Å². The van der Waals surface area contributed by atoms with Gasteiger partial charge < -0.3 is 5.32 Å². The molecule has 0 bridgehead atoms. The van der Waals surface area contributed by atoms with Crippen LogP contribution in [0.1, 0.15) is 30.9 Å². The van der Waals surface area contributed by atoms with Gasteiger partial charge in [0.1, 0.15) is 6.54 Å². The summed E-state index contributed by atoms with van der Waals surface area (Å²) in [4.78, 5) is 13.1. The molecule has 0 radical (unpaired) electrons. The molecule has 3 rings (SSSR count). The van der Waals surface area contributed by atoms with Gasteiger partial charge in [0, 0.05) is 5.69 Å². The zero-order valence-electron chi connectivity index (χ0n) is 18.0. The molecule has 0 saturated carbocycles. The van der Waals surface area contributed by atoms with E-state index in [0.717, 1.165) is 15.4 Å². The van der Waals surface area contributed by atoms with Crippen molar-refractivity contribution in [3.8, 4) is 0 Å². The minimum absolute atomic E-state index is 0.0505. The number of rotatable bonds is 7. The molecule has 5 nitrogen and oxygen atoms in total. The van der Waals surface area contributed by atoms with Crippen LogP contribution in [0.4, 0.5) is 11.4 Å². The average Bonchev–Trinajstić information content (AvgIpc) is 2.75. The van der Waals surface area contributed by atoms with E-state index in [1.54, 1.807) is 30.3 Å². The maximum atomic E-state index is 13.5. The van der Waals surface area contributed by atoms with Gasteiger partial charge in [-0.15, -0.1) is 0 Å². The number of halogens is 2. The summed E-state index contributed by atoms with van der Waals surface area (Å²) in [6, 6.07) is 18.5. The molecular weight excluding hydrogens is 467 g/mol. The quantitative estimate of drug-likeness (QED) is 0.424. The van der Waals surface area contributed by atoms with Crippen LogP contribution < -0.4 is 9.62 Å². The minimum Gasteiger partial charge on any atom is -0.324 e. The predicted octanol–water partition coefficient (Wildman–Crippen LogP) is 6.26. The van der Waals surface area contributed by atoms with E-state index in [9.17, 15) is 13.2 Å². The minimum atomic E-state index is -4.09. The Hall–Kier alpha value is -2.54. The van der Waals surface area contributed by atoms with Gasteiger partial charge in [0.05, 0.1) is 20.6 Å². The molecule has 0 aliphatic rings. The van der Waals surface area contributed by atoms with Crippen LogP contribution in [0.2, 0.25) is 10.0 Å². The topological polar surface area (TPSA) is 66.5 Å². The van der Waals surface area contributed by atoms with Crippen LogP contribution in [-0.4, -0.2) is 20.9 Å². The van der Waals surface area contributed by atoms with Gasteiger partial charge in [0.2, 0.25) is 5.91 Å². The Labute approximate surface area is 199 Å². The number of benzene rings is 3. The number of anilines is 2. The van der Waals surface area contributed by atoms with Gasteiger partial charge in [-0.05, 0) is 48.7 Å². The summed E-state index contributed by atoms with van der Waals surface area (Å²) in [7, 11) is -4.09. The molecule has 3 aromatic carbocycles. The second kappa shape index (κ2) is 9.94. The molecule has 8 heteroatoms. The lowest BCUT2D eigenvalue weighted by molar-refractivity contribution is -0.114. The number of carbonyl (C=O) groups excluding carboxylic acids is 1. The first kappa shape index (κ1) is 24.1. The third kappa shape index (κ3) is 5.26. The SMILES string of the molecule is Cc1ccc(S(=O)(=O)N(CC(=O)Nc2ccccc2C(C)C)c2cccc(Cl)c2Cl)cc1. The summed E-state index contributed by atoms with van der Waals surface area (Å²) < 4.78 is 28.0. The lowest BCUT2D eigenvalue weighted by atomic mass is 10.0. The Kier molecular flexibility index (Phi) is 7.49. The summed E-state index contributed by atoms with van der Waals surface area (Å²) >= 11 is 12.5. The van der Waals surface area contributed by atoms with Crippen LogP contribution >= 0.6 is 23.2 Å². The van der Waals surface area contributed by atoms with Crippen LogP contribution in [0.25, 0.3) is 0 Å². The zero-order valence-corrected chi connectivity index (χ0v) is 20.3. The largest absolute Gasteiger partial charge is 0.324 e. The van der Waals surface area contributed by atoms with Gasteiger partial charge in [-0.25, -0.2) is 8.42 Å². The highest BCUT2D eigenvalue weighted by Crippen LogP contribution is 2.35. The fourth-order valence-electron chi connectivity index (χ4n) is 3.26. The molecule has 0 saturated heterocycles. The number of hydrogen-bond donors (Lipinski definition) is 1. The third-order valence-corrected chi connectivity index (χ3v) is 7.54. The Bertz CT molecular complexity index is 1230. The molecule has 32 heavy (non-hydrogen) atoms. The normalized spacial score (nSPS) is 11.4. The Morgan fingerprint density at radius 1 is 0.969 bits per heavy atom. The molecule has 1 N–H and O–H groups in total. The number of aryl methyl sites for hydroxylation is 1. The fourth-order valence-corrected chi connectivity index (χ4v) is 5.14. The highest BCUT2D eigenvalue weighted by Gasteiger charge is 2.29. The molecule has 168 valence electrons. The first-order valence-corrected chi connectivity index (χ1v) is 12.2. The van der Waals surface area contributed by atoms with Crippen molar-refractivity contribution in [3.63, 3.8) is 0 Å². The summed E-state index contributed by atoms with van der Waals surface area (Å²) in [6.45, 7) is 5.43. The van der Waals surface area contributed by atoms with Crippen LogP contribution in [-0.2, 0) is 14.8 Å². The van der Waals surface area contributed by atoms with Crippen molar-refractivity contribution < 1.29 is 13.2 Å². The molecule has 0 aliphatic carbocycles. The highest BCUT2D eigenvalue weighted by molar-refractivity contribution is 7.92. The number of nitrogens with zero attached hydrogens (tertiary/aromatic N) is 1. The lowest BCUT2D eigenvalue weighted by Crippen LogP contribution is -2.38. The van der Waals surface area contributed by atoms with Crippen molar-refractivity contribution in [2.24, 2.45) is 0 Å². The van der Waals surface area contributed by atoms with E-state index >= 15 is 0 Å². The molecule has 0 aliphatic heterocycles. The van der Waals surface area contributed by atoms with E-state index in [0.29, 0.717) is 5.69 Å². The fraction of sp³-hybridized carbons (Fsp3) is 0.208. The maximum Gasteiger partial charge on any atom is 0.264 e. The molecule has 0 spiro atoms. The van der Waals surface area contributed by atoms with E-state index < -0.39 is 22.5 Å². The summed E-state index contributed by atoms with van der Waals surface area (Å²) in [5, 5.41) is 3.09. The Balaban J connectivity index is 2.01. The second-order valence-corrected chi connectivity index (χ2v) is 10.3. The van der Waals surface area contributed by atoms with Crippen molar-refractivity contribution >= 4 is 50.5 Å². The van der Waals surface area contributed by atoms with Gasteiger partial charge in [-0.3, -0.25) is 9.10 Å². The molecule has 0 fully saturated rings. The first-order chi connectivity index (χ1) is 15.1. The van der Waals surface area contributed by atoms with E-state index in [1.165, 1.54) is 18.2 Å². The first-order valence-electron chi connectivity index (χ1n) is 10.0. The summed E-state index contributed by atoms with van der Waals surface area (Å²) in [5.41, 5.74) is 2.64. The molecule has 1 amide bonds. The zero-order chi connectivity index (χ0) is 23.5. The molecule has 0 heterocycles. The van der Waals surface area contributed by atoms with Crippen molar-refractivity contribution in [2.75, 3.05) is 16.2 Å². The summed E-state index contributed by atoms with van der Waals surface area (Å²) in [5.74, 6) is -0.314. The van der Waals surface area contributed by atoms with Gasteiger partial charge in [-0.1, -0.05) is 79.0 Å². The molecule has 0 unspecified atom stereocenters. The maximum absolute atomic E-state index is 13.5. The van der Waals surface area contributed by atoms with Gasteiger partial charge in [0.25, 0.3) is 10.0 Å². The Morgan fingerprint density at radius 2 is 1.62 bits per heavy atom. The smallest absolute Gasteiger partial charge is 0.264 e. The molecular formula is C24H24Cl2N2O3S. The molecule has 3 aromatic rings. The lowest BCUT2D eigenvalue weighted by Gasteiger charge is -2.25. The van der Waals surface area contributed by atoms with Crippen molar-refractivity contribution in [1.82, 2.24) is 0 Å². The van der Waals surface area contributed by atoms with E-state index in [1.807, 2.05) is 39.0 Å². The van der Waals surface area contributed by atoms with Crippen molar-refractivity contribution in [3.05, 3.63) is 87.9 Å². The number of nitrogens with one attached hydrogen (secondary N) is 1. The molecule has 0 aromatic heterocycles. The molecule has 0 atom stereocenters. The van der Waals surface area contributed by atoms with Crippen molar-refractivity contribution in [1.29, 1.82) is 0 Å². The van der Waals surface area contributed by atoms with Crippen molar-refractivity contribution in [2.45, 2.75) is 31.6 Å². The third-order valence-electron chi connectivity index (χ3n) is 4.95. The number of para-hydroxylation sites is 1. The van der Waals surface area contributed by atoms with E-state index in [-0.39, 0.29) is 26.5 Å². The standard InChI is InChI=1S/C24H24Cl2N2O3S/c1-16(2)19-7-4-5-9-21(19)27-23(29)15-28(22-10-6-8-20(25)24(22)26)32(30,31)18-13-11-17(3)12-14-18/h4-14,16H,15H2,1-3H3,(H,27,29). The summed E-state index contributed by atoms with van der Waals surface area (Å²) in [6.07, 6.45) is 0. The number of hydrogen-bond acceptors (Lipinski definition) is 3. The van der Waals surface area contributed by atoms with Crippen LogP contribution in [0, 0.1) is 6.92 Å². The highest BCUT2D eigenvalue weighted by atomic mass is 35.5. The Morgan fingerprint density at radius 3 is 2.28 bits per heavy atom. The van der Waals surface area contributed by atoms with Crippen LogP contribution in [0.5, 0.6) is 0 Å². The van der Waals surface area contributed by atoms with Crippen LogP contribution in [0.3, 0.4) is 0 Å². The monoisotopic (exact) mass is 490 g/mol. The number of sulfonamides is 1.